The molecule has 1 aromatic rings. The summed E-state index contributed by atoms with van der Waals surface area (Å²) in [7, 11) is 3.05. The first-order valence-corrected chi connectivity index (χ1v) is 5.79. The SMILES string of the molecule is CCc1cc(OC)c(OC)c(C(O)CN)c1Cl. The number of hydrogen-bond acceptors (Lipinski definition) is 4. The van der Waals surface area contributed by atoms with E-state index >= 15 is 0 Å². The third kappa shape index (κ3) is 2.65. The van der Waals surface area contributed by atoms with E-state index in [9.17, 15) is 5.11 Å². The highest BCUT2D eigenvalue weighted by molar-refractivity contribution is 6.32. The molecule has 3 N–H and O–H groups in total. The number of aliphatic hydroxyl groups excluding tert-OH is 1. The average Bonchev–Trinajstić information content (AvgIpc) is 2.36. The Morgan fingerprint density at radius 1 is 1.41 bits per heavy atom. The Hall–Kier alpha value is -0.970. The molecule has 1 unspecified atom stereocenters. The Morgan fingerprint density at radius 2 is 2.06 bits per heavy atom. The molecule has 96 valence electrons. The number of ether oxygens (including phenoxy) is 2. The van der Waals surface area contributed by atoms with E-state index in [1.807, 2.05) is 13.0 Å². The zero-order valence-electron chi connectivity index (χ0n) is 10.3. The molecule has 0 aromatic heterocycles. The molecule has 0 spiro atoms. The summed E-state index contributed by atoms with van der Waals surface area (Å²) >= 11 is 6.24. The van der Waals surface area contributed by atoms with Crippen molar-refractivity contribution in [2.75, 3.05) is 20.8 Å². The molecule has 17 heavy (non-hydrogen) atoms. The first kappa shape index (κ1) is 14.1. The van der Waals surface area contributed by atoms with Crippen molar-refractivity contribution in [2.45, 2.75) is 19.4 Å². The fourth-order valence-corrected chi connectivity index (χ4v) is 2.13. The van der Waals surface area contributed by atoms with E-state index in [0.29, 0.717) is 22.1 Å². The molecule has 0 saturated carbocycles. The molecule has 0 saturated heterocycles. The van der Waals surface area contributed by atoms with Crippen LogP contribution in [0.5, 0.6) is 11.5 Å². The normalized spacial score (nSPS) is 12.4. The van der Waals surface area contributed by atoms with E-state index in [4.69, 9.17) is 26.8 Å². The lowest BCUT2D eigenvalue weighted by atomic mass is 10.0. The molecule has 0 fully saturated rings. The molecule has 0 heterocycles. The topological polar surface area (TPSA) is 64.7 Å². The summed E-state index contributed by atoms with van der Waals surface area (Å²) in [6.07, 6.45) is -0.124. The molecular formula is C12H18ClNO3. The van der Waals surface area contributed by atoms with Gasteiger partial charge in [-0.2, -0.15) is 0 Å². The highest BCUT2D eigenvalue weighted by atomic mass is 35.5. The first-order chi connectivity index (χ1) is 8.10. The molecule has 0 bridgehead atoms. The Bertz CT molecular complexity index is 396. The predicted octanol–water partition coefficient (Wildman–Crippen LogP) is 1.91. The third-order valence-corrected chi connectivity index (χ3v) is 3.10. The van der Waals surface area contributed by atoms with Gasteiger partial charge >= 0.3 is 0 Å². The molecule has 1 aromatic carbocycles. The molecule has 0 aliphatic rings. The molecule has 0 aliphatic carbocycles. The maximum absolute atomic E-state index is 9.92. The van der Waals surface area contributed by atoms with Crippen molar-refractivity contribution in [3.63, 3.8) is 0 Å². The van der Waals surface area contributed by atoms with Crippen LogP contribution in [-0.2, 0) is 6.42 Å². The number of nitrogens with two attached hydrogens (primary N) is 1. The Balaban J connectivity index is 3.49. The molecule has 0 radical (unpaired) electrons. The van der Waals surface area contributed by atoms with E-state index < -0.39 is 6.10 Å². The zero-order valence-corrected chi connectivity index (χ0v) is 11.0. The quantitative estimate of drug-likeness (QED) is 0.848. The summed E-state index contributed by atoms with van der Waals surface area (Å²) in [5.74, 6) is 0.990. The molecule has 0 aliphatic heterocycles. The van der Waals surface area contributed by atoms with Crippen LogP contribution in [0.25, 0.3) is 0 Å². The van der Waals surface area contributed by atoms with Gasteiger partial charge in [-0.1, -0.05) is 18.5 Å². The van der Waals surface area contributed by atoms with Crippen LogP contribution in [0.3, 0.4) is 0 Å². The van der Waals surface area contributed by atoms with Crippen molar-refractivity contribution < 1.29 is 14.6 Å². The molecule has 5 heteroatoms. The van der Waals surface area contributed by atoms with Gasteiger partial charge in [0.15, 0.2) is 11.5 Å². The standard InChI is InChI=1S/C12H18ClNO3/c1-4-7-5-9(16-2)12(17-3)10(11(7)13)8(15)6-14/h5,8,15H,4,6,14H2,1-3H3. The van der Waals surface area contributed by atoms with Crippen molar-refractivity contribution in [3.8, 4) is 11.5 Å². The van der Waals surface area contributed by atoms with Crippen LogP contribution in [0.15, 0.2) is 6.07 Å². The van der Waals surface area contributed by atoms with Gasteiger partial charge in [0.25, 0.3) is 0 Å². The number of methoxy groups -OCH3 is 2. The minimum Gasteiger partial charge on any atom is -0.493 e. The zero-order chi connectivity index (χ0) is 13.0. The third-order valence-electron chi connectivity index (χ3n) is 2.65. The number of benzene rings is 1. The predicted molar refractivity (Wildman–Crippen MR) is 67.9 cm³/mol. The summed E-state index contributed by atoms with van der Waals surface area (Å²) in [5.41, 5.74) is 6.86. The summed E-state index contributed by atoms with van der Waals surface area (Å²) in [4.78, 5) is 0. The van der Waals surface area contributed by atoms with Gasteiger partial charge in [-0.05, 0) is 18.1 Å². The highest BCUT2D eigenvalue weighted by Crippen LogP contribution is 2.41. The van der Waals surface area contributed by atoms with Gasteiger partial charge in [0.2, 0.25) is 0 Å². The lowest BCUT2D eigenvalue weighted by molar-refractivity contribution is 0.181. The smallest absolute Gasteiger partial charge is 0.168 e. The van der Waals surface area contributed by atoms with Gasteiger partial charge in [0.1, 0.15) is 0 Å². The van der Waals surface area contributed by atoms with Crippen molar-refractivity contribution in [1.82, 2.24) is 0 Å². The van der Waals surface area contributed by atoms with Crippen molar-refractivity contribution in [2.24, 2.45) is 5.73 Å². The Morgan fingerprint density at radius 3 is 2.47 bits per heavy atom. The average molecular weight is 260 g/mol. The highest BCUT2D eigenvalue weighted by Gasteiger charge is 2.22. The van der Waals surface area contributed by atoms with Crippen molar-refractivity contribution in [3.05, 3.63) is 22.2 Å². The van der Waals surface area contributed by atoms with Crippen LogP contribution >= 0.6 is 11.6 Å². The van der Waals surface area contributed by atoms with Crippen molar-refractivity contribution >= 4 is 11.6 Å². The van der Waals surface area contributed by atoms with Gasteiger partial charge in [-0.15, -0.1) is 0 Å². The fraction of sp³-hybridized carbons (Fsp3) is 0.500. The monoisotopic (exact) mass is 259 g/mol. The van der Waals surface area contributed by atoms with E-state index in [1.165, 1.54) is 7.11 Å². The maximum Gasteiger partial charge on any atom is 0.168 e. The molecule has 1 atom stereocenters. The number of halogens is 1. The number of rotatable bonds is 5. The summed E-state index contributed by atoms with van der Waals surface area (Å²) < 4.78 is 10.5. The largest absolute Gasteiger partial charge is 0.493 e. The Labute approximate surface area is 106 Å². The summed E-state index contributed by atoms with van der Waals surface area (Å²) in [6, 6.07) is 1.81. The van der Waals surface area contributed by atoms with Crippen molar-refractivity contribution in [1.29, 1.82) is 0 Å². The van der Waals surface area contributed by atoms with E-state index in [0.717, 1.165) is 12.0 Å². The number of aliphatic hydroxyl groups is 1. The first-order valence-electron chi connectivity index (χ1n) is 5.42. The van der Waals surface area contributed by atoms with Crippen LogP contribution in [0, 0.1) is 0 Å². The van der Waals surface area contributed by atoms with Gasteiger partial charge in [-0.3, -0.25) is 0 Å². The van der Waals surface area contributed by atoms with Gasteiger partial charge in [0.05, 0.1) is 25.3 Å². The second kappa shape index (κ2) is 6.10. The maximum atomic E-state index is 9.92. The number of hydrogen-bond donors (Lipinski definition) is 2. The minimum atomic E-state index is -0.863. The summed E-state index contributed by atoms with van der Waals surface area (Å²) in [6.45, 7) is 2.05. The number of aryl methyl sites for hydroxylation is 1. The molecule has 1 rings (SSSR count). The minimum absolute atomic E-state index is 0.0758. The van der Waals surface area contributed by atoms with Crippen LogP contribution in [-0.4, -0.2) is 25.9 Å². The molecular weight excluding hydrogens is 242 g/mol. The van der Waals surface area contributed by atoms with Gasteiger partial charge in [-0.25, -0.2) is 0 Å². The Kier molecular flexibility index (Phi) is 5.05. The van der Waals surface area contributed by atoms with E-state index in [1.54, 1.807) is 7.11 Å². The molecule has 4 nitrogen and oxygen atoms in total. The fourth-order valence-electron chi connectivity index (χ4n) is 1.73. The van der Waals surface area contributed by atoms with E-state index in [2.05, 4.69) is 0 Å². The van der Waals surface area contributed by atoms with Crippen LogP contribution in [0.1, 0.15) is 24.2 Å². The lowest BCUT2D eigenvalue weighted by Gasteiger charge is -2.19. The van der Waals surface area contributed by atoms with Crippen LogP contribution in [0.2, 0.25) is 5.02 Å². The molecule has 0 amide bonds. The lowest BCUT2D eigenvalue weighted by Crippen LogP contribution is -2.14. The van der Waals surface area contributed by atoms with Gasteiger partial charge < -0.3 is 20.3 Å². The second-order valence-corrected chi connectivity index (χ2v) is 3.98. The summed E-state index contributed by atoms with van der Waals surface area (Å²) in [5, 5.41) is 10.4. The second-order valence-electron chi connectivity index (χ2n) is 3.60. The van der Waals surface area contributed by atoms with Crippen LogP contribution < -0.4 is 15.2 Å². The van der Waals surface area contributed by atoms with E-state index in [-0.39, 0.29) is 6.54 Å². The van der Waals surface area contributed by atoms with Crippen LogP contribution in [0.4, 0.5) is 0 Å². The van der Waals surface area contributed by atoms with Gasteiger partial charge in [0, 0.05) is 12.1 Å².